The van der Waals surface area contributed by atoms with Crippen molar-refractivity contribution in [2.75, 3.05) is 11.9 Å². The summed E-state index contributed by atoms with van der Waals surface area (Å²) in [6.45, 7) is 3.64. The monoisotopic (exact) mass is 289 g/mol. The molecule has 3 rings (SSSR count). The van der Waals surface area contributed by atoms with Gasteiger partial charge in [-0.25, -0.2) is 4.98 Å². The summed E-state index contributed by atoms with van der Waals surface area (Å²) in [5.41, 5.74) is 4.79. The first-order valence-corrected chi connectivity index (χ1v) is 7.25. The molecule has 0 spiro atoms. The van der Waals surface area contributed by atoms with Crippen LogP contribution in [0.3, 0.4) is 0 Å². The summed E-state index contributed by atoms with van der Waals surface area (Å²) >= 11 is 1.66. The van der Waals surface area contributed by atoms with E-state index in [0.29, 0.717) is 0 Å². The van der Waals surface area contributed by atoms with Crippen LogP contribution in [0.15, 0.2) is 23.7 Å². The van der Waals surface area contributed by atoms with Gasteiger partial charge in [0.15, 0.2) is 6.61 Å². The van der Waals surface area contributed by atoms with E-state index in [4.69, 9.17) is 4.74 Å². The number of nitrogens with one attached hydrogen (secondary N) is 2. The first-order chi connectivity index (χ1) is 9.72. The molecule has 1 aromatic carbocycles. The zero-order chi connectivity index (χ0) is 13.9. The van der Waals surface area contributed by atoms with Crippen LogP contribution in [-0.4, -0.2) is 17.5 Å². The van der Waals surface area contributed by atoms with Crippen LogP contribution < -0.4 is 15.4 Å². The summed E-state index contributed by atoms with van der Waals surface area (Å²) < 4.78 is 5.33. The Morgan fingerprint density at radius 3 is 3.15 bits per heavy atom. The second-order valence-electron chi connectivity index (χ2n) is 4.63. The van der Waals surface area contributed by atoms with Gasteiger partial charge in [-0.05, 0) is 24.6 Å². The number of fused-ring (bicyclic) bond motifs is 1. The predicted molar refractivity (Wildman–Crippen MR) is 78.0 cm³/mol. The molecule has 20 heavy (non-hydrogen) atoms. The number of hydrogen-bond donors (Lipinski definition) is 2. The maximum atomic E-state index is 11.3. The average molecular weight is 289 g/mol. The lowest BCUT2D eigenvalue weighted by Gasteiger charge is -2.18. The van der Waals surface area contributed by atoms with Gasteiger partial charge in [0.05, 0.1) is 16.9 Å². The minimum atomic E-state index is -0.108. The van der Waals surface area contributed by atoms with Crippen molar-refractivity contribution in [3.8, 4) is 5.75 Å². The third-order valence-corrected chi connectivity index (χ3v) is 4.07. The highest BCUT2D eigenvalue weighted by Gasteiger charge is 2.15. The Bertz CT molecular complexity index is 639. The number of anilines is 1. The fraction of sp³-hybridized carbons (Fsp3) is 0.286. The lowest BCUT2D eigenvalue weighted by Crippen LogP contribution is -2.25. The SMILES string of the molecule is Cc1ncsc1CNCc1ccc2c(c1)NC(=O)CO2. The number of amides is 1. The number of ether oxygens (including phenoxy) is 1. The Morgan fingerprint density at radius 1 is 1.45 bits per heavy atom. The molecule has 0 fully saturated rings. The van der Waals surface area contributed by atoms with E-state index in [0.717, 1.165) is 35.8 Å². The molecule has 0 atom stereocenters. The van der Waals surface area contributed by atoms with Crippen LogP contribution in [0, 0.1) is 6.92 Å². The highest BCUT2D eigenvalue weighted by atomic mass is 32.1. The number of thiazole rings is 1. The van der Waals surface area contributed by atoms with Crippen molar-refractivity contribution in [1.82, 2.24) is 10.3 Å². The van der Waals surface area contributed by atoms with Crippen LogP contribution in [-0.2, 0) is 17.9 Å². The first-order valence-electron chi connectivity index (χ1n) is 6.37. The molecule has 1 aliphatic rings. The quantitative estimate of drug-likeness (QED) is 0.904. The molecule has 6 heteroatoms. The normalized spacial score (nSPS) is 13.6. The minimum Gasteiger partial charge on any atom is -0.482 e. The Labute approximate surface area is 121 Å². The summed E-state index contributed by atoms with van der Waals surface area (Å²) in [4.78, 5) is 16.8. The molecule has 0 bridgehead atoms. The van der Waals surface area contributed by atoms with Gasteiger partial charge in [0, 0.05) is 18.0 Å². The van der Waals surface area contributed by atoms with Crippen molar-refractivity contribution in [1.29, 1.82) is 0 Å². The molecule has 0 saturated carbocycles. The van der Waals surface area contributed by atoms with Crippen LogP contribution in [0.2, 0.25) is 0 Å². The van der Waals surface area contributed by atoms with Crippen molar-refractivity contribution in [2.45, 2.75) is 20.0 Å². The molecular formula is C14H15N3O2S. The van der Waals surface area contributed by atoms with E-state index in [1.807, 2.05) is 30.6 Å². The Kier molecular flexibility index (Phi) is 3.66. The van der Waals surface area contributed by atoms with E-state index in [1.165, 1.54) is 4.88 Å². The van der Waals surface area contributed by atoms with Crippen molar-refractivity contribution >= 4 is 22.9 Å². The van der Waals surface area contributed by atoms with Crippen molar-refractivity contribution in [3.63, 3.8) is 0 Å². The summed E-state index contributed by atoms with van der Waals surface area (Å²) in [6.07, 6.45) is 0. The molecule has 1 aliphatic heterocycles. The Morgan fingerprint density at radius 2 is 2.35 bits per heavy atom. The van der Waals surface area contributed by atoms with Crippen molar-refractivity contribution < 1.29 is 9.53 Å². The number of hydrogen-bond acceptors (Lipinski definition) is 5. The third kappa shape index (κ3) is 2.81. The number of aryl methyl sites for hydroxylation is 1. The number of carbonyl (C=O) groups excluding carboxylic acids is 1. The van der Waals surface area contributed by atoms with Crippen molar-refractivity contribution in [3.05, 3.63) is 39.8 Å². The highest BCUT2D eigenvalue weighted by molar-refractivity contribution is 7.09. The molecular weight excluding hydrogens is 274 g/mol. The maximum Gasteiger partial charge on any atom is 0.262 e. The van der Waals surface area contributed by atoms with Gasteiger partial charge >= 0.3 is 0 Å². The van der Waals surface area contributed by atoms with Gasteiger partial charge in [-0.3, -0.25) is 4.79 Å². The van der Waals surface area contributed by atoms with Gasteiger partial charge in [-0.2, -0.15) is 0 Å². The largest absolute Gasteiger partial charge is 0.482 e. The molecule has 104 valence electrons. The van der Waals surface area contributed by atoms with Crippen LogP contribution in [0.1, 0.15) is 16.1 Å². The molecule has 2 aromatic rings. The van der Waals surface area contributed by atoms with E-state index in [-0.39, 0.29) is 12.5 Å². The number of aromatic nitrogens is 1. The van der Waals surface area contributed by atoms with E-state index < -0.39 is 0 Å². The van der Waals surface area contributed by atoms with Gasteiger partial charge in [0.2, 0.25) is 0 Å². The van der Waals surface area contributed by atoms with E-state index in [9.17, 15) is 4.79 Å². The molecule has 1 amide bonds. The molecule has 0 unspecified atom stereocenters. The predicted octanol–water partition coefficient (Wildman–Crippen LogP) is 2.07. The summed E-state index contributed by atoms with van der Waals surface area (Å²) in [7, 11) is 0. The maximum absolute atomic E-state index is 11.3. The lowest BCUT2D eigenvalue weighted by molar-refractivity contribution is -0.118. The highest BCUT2D eigenvalue weighted by Crippen LogP contribution is 2.28. The standard InChI is InChI=1S/C14H15N3O2S/c1-9-13(20-8-16-9)6-15-5-10-2-3-12-11(4-10)17-14(18)7-19-12/h2-4,8,15H,5-7H2,1H3,(H,17,18). The first kappa shape index (κ1) is 13.1. The lowest BCUT2D eigenvalue weighted by atomic mass is 10.1. The fourth-order valence-corrected chi connectivity index (χ4v) is 2.80. The zero-order valence-corrected chi connectivity index (χ0v) is 11.9. The fourth-order valence-electron chi connectivity index (χ4n) is 2.06. The van der Waals surface area contributed by atoms with E-state index in [2.05, 4.69) is 15.6 Å². The number of rotatable bonds is 4. The molecule has 0 radical (unpaired) electrons. The van der Waals surface area contributed by atoms with Crippen LogP contribution in [0.25, 0.3) is 0 Å². The summed E-state index contributed by atoms with van der Waals surface area (Å²) in [6, 6.07) is 5.84. The topological polar surface area (TPSA) is 63.2 Å². The number of benzene rings is 1. The van der Waals surface area contributed by atoms with Gasteiger partial charge < -0.3 is 15.4 Å². The van der Waals surface area contributed by atoms with Crippen LogP contribution in [0.5, 0.6) is 5.75 Å². The van der Waals surface area contributed by atoms with Crippen molar-refractivity contribution in [2.24, 2.45) is 0 Å². The Balaban J connectivity index is 1.62. The van der Waals surface area contributed by atoms with E-state index >= 15 is 0 Å². The zero-order valence-electron chi connectivity index (χ0n) is 11.1. The molecule has 5 nitrogen and oxygen atoms in total. The molecule has 0 aliphatic carbocycles. The number of carbonyl (C=O) groups is 1. The Hall–Kier alpha value is -1.92. The third-order valence-electron chi connectivity index (χ3n) is 3.14. The second kappa shape index (κ2) is 5.60. The smallest absolute Gasteiger partial charge is 0.262 e. The summed E-state index contributed by atoms with van der Waals surface area (Å²) in [5.74, 6) is 0.620. The number of nitrogens with zero attached hydrogens (tertiary/aromatic N) is 1. The van der Waals surface area contributed by atoms with Gasteiger partial charge in [0.1, 0.15) is 5.75 Å². The van der Waals surface area contributed by atoms with Crippen LogP contribution >= 0.6 is 11.3 Å². The molecule has 2 N–H and O–H groups in total. The second-order valence-corrected chi connectivity index (χ2v) is 5.57. The van der Waals surface area contributed by atoms with E-state index in [1.54, 1.807) is 11.3 Å². The van der Waals surface area contributed by atoms with Gasteiger partial charge in [-0.15, -0.1) is 11.3 Å². The average Bonchev–Trinajstić information content (AvgIpc) is 2.84. The van der Waals surface area contributed by atoms with Crippen LogP contribution in [0.4, 0.5) is 5.69 Å². The van der Waals surface area contributed by atoms with Gasteiger partial charge in [-0.1, -0.05) is 6.07 Å². The van der Waals surface area contributed by atoms with Gasteiger partial charge in [0.25, 0.3) is 5.91 Å². The summed E-state index contributed by atoms with van der Waals surface area (Å²) in [5, 5.41) is 6.19. The molecule has 1 aromatic heterocycles. The molecule has 2 heterocycles. The molecule has 0 saturated heterocycles. The minimum absolute atomic E-state index is 0.0925.